The summed E-state index contributed by atoms with van der Waals surface area (Å²) in [5, 5.41) is 0. The Labute approximate surface area is 135 Å². The molecule has 1 rings (SSSR count). The van der Waals surface area contributed by atoms with Crippen molar-refractivity contribution >= 4 is 17.6 Å². The van der Waals surface area contributed by atoms with Crippen molar-refractivity contribution in [3.63, 3.8) is 0 Å². The monoisotopic (exact) mass is 300 g/mol. The number of hydrogen-bond acceptors (Lipinski definition) is 4. The van der Waals surface area contributed by atoms with Gasteiger partial charge < -0.3 is 0 Å². The lowest BCUT2D eigenvalue weighted by atomic mass is 10.1. The van der Waals surface area contributed by atoms with E-state index in [1.54, 1.807) is 24.7 Å². The van der Waals surface area contributed by atoms with E-state index in [0.717, 1.165) is 5.70 Å². The summed E-state index contributed by atoms with van der Waals surface area (Å²) in [4.78, 5) is 17.0. The summed E-state index contributed by atoms with van der Waals surface area (Å²) < 4.78 is 0. The van der Waals surface area contributed by atoms with Crippen LogP contribution in [0.4, 0.5) is 0 Å². The van der Waals surface area contributed by atoms with Gasteiger partial charge in [-0.1, -0.05) is 46.9 Å². The molecule has 0 saturated carbocycles. The van der Waals surface area contributed by atoms with Crippen molar-refractivity contribution < 1.29 is 0 Å². The molecule has 120 valence electrons. The van der Waals surface area contributed by atoms with E-state index in [9.17, 15) is 0 Å². The van der Waals surface area contributed by atoms with Gasteiger partial charge >= 0.3 is 0 Å². The molecule has 0 unspecified atom stereocenters. The van der Waals surface area contributed by atoms with Crippen LogP contribution in [0, 0.1) is 0 Å². The molecule has 0 radical (unpaired) electrons. The van der Waals surface area contributed by atoms with Crippen molar-refractivity contribution in [2.45, 2.75) is 41.5 Å². The maximum atomic E-state index is 4.31. The van der Waals surface area contributed by atoms with E-state index in [1.165, 1.54) is 6.20 Å². The predicted molar refractivity (Wildman–Crippen MR) is 99.5 cm³/mol. The van der Waals surface area contributed by atoms with E-state index in [4.69, 9.17) is 0 Å². The van der Waals surface area contributed by atoms with Crippen molar-refractivity contribution in [3.8, 4) is 0 Å². The van der Waals surface area contributed by atoms with Crippen LogP contribution in [0.5, 0.6) is 0 Å². The number of aromatic nitrogens is 2. The highest BCUT2D eigenvalue weighted by atomic mass is 14.9. The average Bonchev–Trinajstić information content (AvgIpc) is 2.61. The Balaban J connectivity index is 0. The molecule has 0 aliphatic rings. The second-order valence-electron chi connectivity index (χ2n) is 3.22. The zero-order valence-electron chi connectivity index (χ0n) is 14.7. The topological polar surface area (TPSA) is 50.5 Å². The van der Waals surface area contributed by atoms with Crippen molar-refractivity contribution in [1.82, 2.24) is 9.97 Å². The van der Waals surface area contributed by atoms with Gasteiger partial charge in [0.1, 0.15) is 11.4 Å². The molecule has 0 amide bonds. The number of allylic oxidation sites excluding steroid dienone is 2. The van der Waals surface area contributed by atoms with Gasteiger partial charge in [0.15, 0.2) is 0 Å². The first-order valence-corrected chi connectivity index (χ1v) is 7.56. The third-order valence-corrected chi connectivity index (χ3v) is 2.15. The highest BCUT2D eigenvalue weighted by molar-refractivity contribution is 6.09. The van der Waals surface area contributed by atoms with Gasteiger partial charge in [0.05, 0.1) is 11.4 Å². The Morgan fingerprint density at radius 3 is 1.95 bits per heavy atom. The fourth-order valence-electron chi connectivity index (χ4n) is 1.43. The van der Waals surface area contributed by atoms with Gasteiger partial charge in [-0.25, -0.2) is 0 Å². The van der Waals surface area contributed by atoms with Gasteiger partial charge in [0.25, 0.3) is 0 Å². The lowest BCUT2D eigenvalue weighted by Gasteiger charge is -2.06. The number of rotatable bonds is 5. The number of nitrogens with zero attached hydrogens (tertiary/aromatic N) is 4. The van der Waals surface area contributed by atoms with Crippen LogP contribution in [0.15, 0.2) is 53.9 Å². The Morgan fingerprint density at radius 2 is 1.55 bits per heavy atom. The van der Waals surface area contributed by atoms with Crippen LogP contribution in [0.3, 0.4) is 0 Å². The molecular formula is C18H28N4. The summed E-state index contributed by atoms with van der Waals surface area (Å²) in [6.45, 7) is 19.1. The number of hydrogen-bond donors (Lipinski definition) is 0. The molecule has 0 aliphatic carbocycles. The molecular weight excluding hydrogens is 272 g/mol. The van der Waals surface area contributed by atoms with Crippen LogP contribution < -0.4 is 0 Å². The summed E-state index contributed by atoms with van der Waals surface area (Å²) in [5.41, 5.74) is 2.70. The van der Waals surface area contributed by atoms with Crippen LogP contribution in [0.25, 0.3) is 5.70 Å². The molecule has 1 heterocycles. The minimum Gasteiger partial charge on any atom is -0.260 e. The maximum Gasteiger partial charge on any atom is 0.116 e. The molecule has 4 nitrogen and oxygen atoms in total. The highest BCUT2D eigenvalue weighted by Gasteiger charge is 2.12. The first-order chi connectivity index (χ1) is 10.8. The van der Waals surface area contributed by atoms with Crippen LogP contribution in [0.1, 0.15) is 52.9 Å². The van der Waals surface area contributed by atoms with Gasteiger partial charge in [-0.15, -0.1) is 0 Å². The SMILES string of the molecule is C=CN=C(C=C)c1nccnc1/C(=C/C)N=CC.CC.CC. The summed E-state index contributed by atoms with van der Waals surface area (Å²) in [6.07, 6.45) is 9.91. The van der Waals surface area contributed by atoms with E-state index in [2.05, 4.69) is 33.1 Å². The second-order valence-corrected chi connectivity index (χ2v) is 3.22. The van der Waals surface area contributed by atoms with E-state index in [-0.39, 0.29) is 0 Å². The third kappa shape index (κ3) is 6.88. The second kappa shape index (κ2) is 15.0. The van der Waals surface area contributed by atoms with Gasteiger partial charge in [-0.05, 0) is 19.9 Å². The first-order valence-electron chi connectivity index (χ1n) is 7.56. The third-order valence-electron chi connectivity index (χ3n) is 2.15. The van der Waals surface area contributed by atoms with Crippen molar-refractivity contribution in [3.05, 3.63) is 55.3 Å². The quantitative estimate of drug-likeness (QED) is 0.710. The van der Waals surface area contributed by atoms with E-state index in [0.29, 0.717) is 17.1 Å². The molecule has 0 fully saturated rings. The van der Waals surface area contributed by atoms with Gasteiger partial charge in [0.2, 0.25) is 0 Å². The van der Waals surface area contributed by atoms with Crippen molar-refractivity contribution in [2.75, 3.05) is 0 Å². The van der Waals surface area contributed by atoms with Crippen LogP contribution in [-0.4, -0.2) is 21.9 Å². The molecule has 4 heteroatoms. The molecule has 0 aromatic carbocycles. The predicted octanol–water partition coefficient (Wildman–Crippen LogP) is 5.10. The smallest absolute Gasteiger partial charge is 0.116 e. The first kappa shape index (κ1) is 21.9. The maximum absolute atomic E-state index is 4.31. The summed E-state index contributed by atoms with van der Waals surface area (Å²) in [6, 6.07) is 0. The summed E-state index contributed by atoms with van der Waals surface area (Å²) in [7, 11) is 0. The van der Waals surface area contributed by atoms with Gasteiger partial charge in [-0.2, -0.15) is 0 Å². The minimum absolute atomic E-state index is 0.624. The molecule has 0 aliphatic heterocycles. The zero-order chi connectivity index (χ0) is 17.4. The molecule has 0 bridgehead atoms. The lowest BCUT2D eigenvalue weighted by molar-refractivity contribution is 1.13. The van der Waals surface area contributed by atoms with Crippen LogP contribution in [0.2, 0.25) is 0 Å². The Hall–Kier alpha value is -2.36. The minimum atomic E-state index is 0.624. The highest BCUT2D eigenvalue weighted by Crippen LogP contribution is 2.17. The average molecular weight is 300 g/mol. The lowest BCUT2D eigenvalue weighted by Crippen LogP contribution is -2.06. The molecule has 1 aromatic heterocycles. The van der Waals surface area contributed by atoms with Crippen LogP contribution in [-0.2, 0) is 0 Å². The Morgan fingerprint density at radius 1 is 1.00 bits per heavy atom. The van der Waals surface area contributed by atoms with Crippen molar-refractivity contribution in [1.29, 1.82) is 0 Å². The van der Waals surface area contributed by atoms with E-state index in [1.807, 2.05) is 47.6 Å². The standard InChI is InChI=1S/C14H16N4.2C2H6/c1-5-11(15-7-3)13-14(18-10-9-17-13)12(6-2)16-8-4;2*1-2/h5-10H,1,3H2,2,4H3;2*1-2H3/b12-6-,15-11?,16-8?;;. The normalized spacial score (nSPS) is 11.0. The fourth-order valence-corrected chi connectivity index (χ4v) is 1.43. The molecule has 0 saturated heterocycles. The zero-order valence-corrected chi connectivity index (χ0v) is 14.7. The Kier molecular flexibility index (Phi) is 15.0. The van der Waals surface area contributed by atoms with Crippen molar-refractivity contribution in [2.24, 2.45) is 9.98 Å². The van der Waals surface area contributed by atoms with Gasteiger partial charge in [-0.3, -0.25) is 20.0 Å². The van der Waals surface area contributed by atoms with E-state index < -0.39 is 0 Å². The Bertz CT molecular complexity index is 526. The molecule has 22 heavy (non-hydrogen) atoms. The summed E-state index contributed by atoms with van der Waals surface area (Å²) in [5.74, 6) is 0. The van der Waals surface area contributed by atoms with Gasteiger partial charge in [0, 0.05) is 24.8 Å². The van der Waals surface area contributed by atoms with Crippen LogP contribution >= 0.6 is 0 Å². The molecule has 0 atom stereocenters. The van der Waals surface area contributed by atoms with E-state index >= 15 is 0 Å². The fraction of sp³-hybridized carbons (Fsp3) is 0.333. The number of aliphatic imine (C=N–C) groups is 2. The largest absolute Gasteiger partial charge is 0.260 e. The summed E-state index contributed by atoms with van der Waals surface area (Å²) >= 11 is 0. The molecule has 0 spiro atoms. The molecule has 0 N–H and O–H groups in total. The molecule has 1 aromatic rings.